The van der Waals surface area contributed by atoms with E-state index in [1.807, 2.05) is 0 Å². The molecule has 0 aromatic heterocycles. The van der Waals surface area contributed by atoms with Gasteiger partial charge in [-0.15, -0.1) is 0 Å². The maximum absolute atomic E-state index is 11.7. The highest BCUT2D eigenvalue weighted by Gasteiger charge is 2.61. The van der Waals surface area contributed by atoms with Crippen LogP contribution in [0.2, 0.25) is 0 Å². The fourth-order valence-corrected chi connectivity index (χ4v) is 7.64. The van der Waals surface area contributed by atoms with E-state index in [2.05, 4.69) is 13.8 Å². The van der Waals surface area contributed by atoms with E-state index in [4.69, 9.17) is 0 Å². The molecule has 0 saturated heterocycles. The summed E-state index contributed by atoms with van der Waals surface area (Å²) in [6.07, 6.45) is 9.90. The van der Waals surface area contributed by atoms with Gasteiger partial charge in [-0.2, -0.15) is 0 Å². The van der Waals surface area contributed by atoms with Gasteiger partial charge < -0.3 is 10.2 Å². The van der Waals surface area contributed by atoms with Crippen molar-refractivity contribution in [1.29, 1.82) is 0 Å². The lowest BCUT2D eigenvalue weighted by Crippen LogP contribution is -2.54. The molecule has 4 saturated carbocycles. The van der Waals surface area contributed by atoms with Crippen LogP contribution >= 0.6 is 0 Å². The molecule has 4 aliphatic rings. The molecule has 0 aliphatic heterocycles. The summed E-state index contributed by atoms with van der Waals surface area (Å²) in [7, 11) is 0. The van der Waals surface area contributed by atoms with Crippen molar-refractivity contribution < 1.29 is 15.0 Å². The Bertz CT molecular complexity index is 503. The van der Waals surface area contributed by atoms with Crippen molar-refractivity contribution in [2.75, 3.05) is 0 Å². The van der Waals surface area contributed by atoms with E-state index in [9.17, 15) is 15.0 Å². The van der Waals surface area contributed by atoms with Crippen LogP contribution in [0.1, 0.15) is 71.6 Å². The van der Waals surface area contributed by atoms with Crippen LogP contribution in [0.5, 0.6) is 0 Å². The SMILES string of the molecule is C[C@]12CCC(O)CC1CC[C@@H]1[C@@H]2CC[C@]2(C)C(C(=O)O)CC[C@@H]12. The molecule has 3 nitrogen and oxygen atoms in total. The Labute approximate surface area is 139 Å². The minimum atomic E-state index is -0.561. The minimum Gasteiger partial charge on any atom is -0.481 e. The number of carboxylic acids is 1. The second kappa shape index (κ2) is 5.21. The average Bonchev–Trinajstić information content (AvgIpc) is 2.85. The summed E-state index contributed by atoms with van der Waals surface area (Å²) in [6, 6.07) is 0. The first-order chi connectivity index (χ1) is 10.9. The van der Waals surface area contributed by atoms with E-state index >= 15 is 0 Å². The third-order valence-electron chi connectivity index (χ3n) is 8.94. The van der Waals surface area contributed by atoms with Crippen LogP contribution in [0.25, 0.3) is 0 Å². The average molecular weight is 320 g/mol. The van der Waals surface area contributed by atoms with Crippen molar-refractivity contribution >= 4 is 5.97 Å². The Morgan fingerprint density at radius 1 is 0.913 bits per heavy atom. The van der Waals surface area contributed by atoms with Crippen LogP contribution in [0.15, 0.2) is 0 Å². The number of aliphatic hydroxyl groups is 1. The Morgan fingerprint density at radius 3 is 2.35 bits per heavy atom. The van der Waals surface area contributed by atoms with Crippen molar-refractivity contribution in [1.82, 2.24) is 0 Å². The molecular weight excluding hydrogens is 288 g/mol. The lowest BCUT2D eigenvalue weighted by atomic mass is 9.44. The zero-order chi connectivity index (χ0) is 16.4. The molecule has 0 aromatic carbocycles. The zero-order valence-corrected chi connectivity index (χ0v) is 14.6. The van der Waals surface area contributed by atoms with Gasteiger partial charge in [-0.1, -0.05) is 13.8 Å². The van der Waals surface area contributed by atoms with Gasteiger partial charge in [0.1, 0.15) is 0 Å². The Morgan fingerprint density at radius 2 is 1.61 bits per heavy atom. The number of rotatable bonds is 1. The second-order valence-corrected chi connectivity index (χ2v) is 9.60. The summed E-state index contributed by atoms with van der Waals surface area (Å²) in [5.41, 5.74) is 0.426. The number of hydrogen-bond donors (Lipinski definition) is 2. The van der Waals surface area contributed by atoms with E-state index in [0.29, 0.717) is 17.3 Å². The van der Waals surface area contributed by atoms with Gasteiger partial charge in [-0.05, 0) is 92.3 Å². The molecule has 0 amide bonds. The number of carbonyl (C=O) groups is 1. The third-order valence-corrected chi connectivity index (χ3v) is 8.94. The first-order valence-electron chi connectivity index (χ1n) is 9.77. The molecule has 0 radical (unpaired) electrons. The lowest BCUT2D eigenvalue weighted by molar-refractivity contribution is -0.154. The van der Waals surface area contributed by atoms with E-state index in [1.54, 1.807) is 0 Å². The molecular formula is C20H32O3. The van der Waals surface area contributed by atoms with E-state index in [0.717, 1.165) is 43.9 Å². The summed E-state index contributed by atoms with van der Waals surface area (Å²) >= 11 is 0. The summed E-state index contributed by atoms with van der Waals surface area (Å²) < 4.78 is 0. The maximum Gasteiger partial charge on any atom is 0.307 e. The van der Waals surface area contributed by atoms with Crippen LogP contribution in [0.3, 0.4) is 0 Å². The number of carboxylic acid groups (broad SMARTS) is 1. The number of fused-ring (bicyclic) bond motifs is 5. The largest absolute Gasteiger partial charge is 0.481 e. The second-order valence-electron chi connectivity index (χ2n) is 9.60. The van der Waals surface area contributed by atoms with Gasteiger partial charge in [0.15, 0.2) is 0 Å². The molecule has 0 aromatic rings. The van der Waals surface area contributed by atoms with Gasteiger partial charge in [0.2, 0.25) is 0 Å². The highest BCUT2D eigenvalue weighted by molar-refractivity contribution is 5.71. The van der Waals surface area contributed by atoms with Crippen molar-refractivity contribution in [3.8, 4) is 0 Å². The molecule has 4 aliphatic carbocycles. The molecule has 3 heteroatoms. The zero-order valence-electron chi connectivity index (χ0n) is 14.6. The fraction of sp³-hybridized carbons (Fsp3) is 0.950. The number of aliphatic carboxylic acids is 1. The molecule has 23 heavy (non-hydrogen) atoms. The van der Waals surface area contributed by atoms with Gasteiger partial charge in [-0.3, -0.25) is 4.79 Å². The predicted molar refractivity (Wildman–Crippen MR) is 88.9 cm³/mol. The maximum atomic E-state index is 11.7. The van der Waals surface area contributed by atoms with Crippen molar-refractivity contribution in [2.24, 2.45) is 40.4 Å². The molecule has 8 atom stereocenters. The standard InChI is InChI=1S/C20H32O3/c1-19-9-7-13(21)11-12(19)3-4-14-15-5-6-17(18(22)23)20(15,2)10-8-16(14)19/h12-17,21H,3-11H2,1-2H3,(H,22,23)/t12?,13?,14-,15-,16-,17?,19-,20-/m0/s1. The first-order valence-corrected chi connectivity index (χ1v) is 9.77. The Balaban J connectivity index is 1.61. The molecule has 130 valence electrons. The highest BCUT2D eigenvalue weighted by Crippen LogP contribution is 2.67. The van der Waals surface area contributed by atoms with Crippen molar-refractivity contribution in [3.63, 3.8) is 0 Å². The van der Waals surface area contributed by atoms with E-state index in [-0.39, 0.29) is 17.4 Å². The number of hydrogen-bond acceptors (Lipinski definition) is 2. The summed E-state index contributed by atoms with van der Waals surface area (Å²) in [6.45, 7) is 4.77. The van der Waals surface area contributed by atoms with Gasteiger partial charge in [0.25, 0.3) is 0 Å². The monoisotopic (exact) mass is 320 g/mol. The van der Waals surface area contributed by atoms with Crippen LogP contribution in [-0.2, 0) is 4.79 Å². The predicted octanol–water partition coefficient (Wildman–Crippen LogP) is 4.09. The smallest absolute Gasteiger partial charge is 0.307 e. The summed E-state index contributed by atoms with van der Waals surface area (Å²) in [4.78, 5) is 11.7. The molecule has 4 fully saturated rings. The quantitative estimate of drug-likeness (QED) is 0.765. The van der Waals surface area contributed by atoms with Crippen molar-refractivity contribution in [2.45, 2.75) is 77.7 Å². The molecule has 0 spiro atoms. The third kappa shape index (κ3) is 2.14. The topological polar surface area (TPSA) is 57.5 Å². The van der Waals surface area contributed by atoms with Gasteiger partial charge in [0, 0.05) is 0 Å². The highest BCUT2D eigenvalue weighted by atomic mass is 16.4. The van der Waals surface area contributed by atoms with Crippen molar-refractivity contribution in [3.05, 3.63) is 0 Å². The minimum absolute atomic E-state index is 0.0321. The fourth-order valence-electron chi connectivity index (χ4n) is 7.64. The molecule has 2 N–H and O–H groups in total. The van der Waals surface area contributed by atoms with Crippen LogP contribution < -0.4 is 0 Å². The van der Waals surface area contributed by atoms with E-state index < -0.39 is 5.97 Å². The summed E-state index contributed by atoms with van der Waals surface area (Å²) in [5, 5.41) is 19.7. The van der Waals surface area contributed by atoms with Gasteiger partial charge >= 0.3 is 5.97 Å². The van der Waals surface area contributed by atoms with Gasteiger partial charge in [-0.25, -0.2) is 0 Å². The number of aliphatic hydroxyl groups excluding tert-OH is 1. The normalized spacial score (nSPS) is 55.6. The Kier molecular flexibility index (Phi) is 3.61. The molecule has 3 unspecified atom stereocenters. The molecule has 0 heterocycles. The van der Waals surface area contributed by atoms with Crippen LogP contribution in [0, 0.1) is 40.4 Å². The van der Waals surface area contributed by atoms with Crippen LogP contribution in [-0.4, -0.2) is 22.3 Å². The Hall–Kier alpha value is -0.570. The summed E-state index contributed by atoms with van der Waals surface area (Å²) in [5.74, 6) is 2.12. The molecule has 4 rings (SSSR count). The van der Waals surface area contributed by atoms with Gasteiger partial charge in [0.05, 0.1) is 12.0 Å². The lowest BCUT2D eigenvalue weighted by Gasteiger charge is -2.60. The first kappa shape index (κ1) is 15.9. The molecule has 0 bridgehead atoms. The van der Waals surface area contributed by atoms with Crippen LogP contribution in [0.4, 0.5) is 0 Å². The van der Waals surface area contributed by atoms with E-state index in [1.165, 1.54) is 25.7 Å².